The SMILES string of the molecule is [N-]=[N+]=N[C@@H]1[C@@H](O)[C@H](n2cnc3c(NC(c4ccccc4)(c4ccccc4)c4ccccc4)ncnc32)O[C@@H]1COC(c1ccccc1)(c1ccccc1)c1ccccc1. The minimum atomic E-state index is -1.26. The lowest BCUT2D eigenvalue weighted by molar-refractivity contribution is -0.0860. The van der Waals surface area contributed by atoms with Crippen molar-refractivity contribution in [2.45, 2.75) is 35.6 Å². The Hall–Kier alpha value is -7.14. The van der Waals surface area contributed by atoms with Crippen LogP contribution in [0.3, 0.4) is 0 Å². The molecule has 1 saturated heterocycles. The fraction of sp³-hybridized carbons (Fsp3) is 0.146. The summed E-state index contributed by atoms with van der Waals surface area (Å²) in [6.07, 6.45) is -0.0876. The Morgan fingerprint density at radius 2 is 1.08 bits per heavy atom. The largest absolute Gasteiger partial charge is 0.388 e. The second-order valence-electron chi connectivity index (χ2n) is 14.4. The van der Waals surface area contributed by atoms with Crippen molar-refractivity contribution < 1.29 is 14.6 Å². The van der Waals surface area contributed by atoms with E-state index in [2.05, 4.69) is 56.7 Å². The van der Waals surface area contributed by atoms with Crippen LogP contribution in [0.5, 0.6) is 0 Å². The van der Waals surface area contributed by atoms with Crippen molar-refractivity contribution in [2.24, 2.45) is 5.11 Å². The molecular weight excluding hydrogens is 737 g/mol. The fourth-order valence-corrected chi connectivity index (χ4v) is 8.36. The van der Waals surface area contributed by atoms with Crippen molar-refractivity contribution in [1.29, 1.82) is 0 Å². The highest BCUT2D eigenvalue weighted by Gasteiger charge is 2.47. The molecule has 11 heteroatoms. The summed E-state index contributed by atoms with van der Waals surface area (Å²) in [6, 6.07) is 59.6. The Bertz CT molecular complexity index is 2470. The Kier molecular flexibility index (Phi) is 10.4. The topological polar surface area (TPSA) is 143 Å². The lowest BCUT2D eigenvalue weighted by atomic mass is 9.77. The van der Waals surface area contributed by atoms with Crippen LogP contribution in [0.2, 0.25) is 0 Å². The molecule has 4 atom stereocenters. The maximum atomic E-state index is 11.9. The van der Waals surface area contributed by atoms with Crippen LogP contribution in [0.25, 0.3) is 21.6 Å². The van der Waals surface area contributed by atoms with Gasteiger partial charge in [0.25, 0.3) is 0 Å². The molecule has 9 rings (SSSR count). The van der Waals surface area contributed by atoms with E-state index in [-0.39, 0.29) is 6.61 Å². The predicted molar refractivity (Wildman–Crippen MR) is 226 cm³/mol. The van der Waals surface area contributed by atoms with Gasteiger partial charge in [0.2, 0.25) is 0 Å². The maximum absolute atomic E-state index is 11.9. The third kappa shape index (κ3) is 6.78. The van der Waals surface area contributed by atoms with Crippen molar-refractivity contribution >= 4 is 17.0 Å². The lowest BCUT2D eigenvalue weighted by Gasteiger charge is -2.37. The number of ether oxygens (including phenoxy) is 2. The molecule has 0 spiro atoms. The number of nitrogens with one attached hydrogen (secondary N) is 1. The number of nitrogens with zero attached hydrogens (tertiary/aromatic N) is 7. The summed E-state index contributed by atoms with van der Waals surface area (Å²) in [5.41, 5.74) is 14.4. The molecule has 2 aromatic heterocycles. The monoisotopic (exact) mass is 776 g/mol. The quantitative estimate of drug-likeness (QED) is 0.0515. The first-order chi connectivity index (χ1) is 29.1. The first-order valence-electron chi connectivity index (χ1n) is 19.4. The zero-order valence-electron chi connectivity index (χ0n) is 31.9. The molecule has 0 radical (unpaired) electrons. The molecule has 2 N–H and O–H groups in total. The van der Waals surface area contributed by atoms with Gasteiger partial charge in [-0.1, -0.05) is 187 Å². The number of hydrogen-bond acceptors (Lipinski definition) is 8. The molecule has 0 amide bonds. The molecule has 0 saturated carbocycles. The predicted octanol–water partition coefficient (Wildman–Crippen LogP) is 9.18. The van der Waals surface area contributed by atoms with Crippen LogP contribution in [0.4, 0.5) is 5.82 Å². The fourth-order valence-electron chi connectivity index (χ4n) is 8.36. The van der Waals surface area contributed by atoms with Gasteiger partial charge in [-0.05, 0) is 38.9 Å². The average molecular weight is 777 g/mol. The van der Waals surface area contributed by atoms with Crippen LogP contribution < -0.4 is 5.32 Å². The second kappa shape index (κ2) is 16.4. The molecule has 0 unspecified atom stereocenters. The van der Waals surface area contributed by atoms with Gasteiger partial charge in [0.15, 0.2) is 23.2 Å². The van der Waals surface area contributed by atoms with Gasteiger partial charge >= 0.3 is 0 Å². The Balaban J connectivity index is 1.09. The number of hydrogen-bond donors (Lipinski definition) is 2. The van der Waals surface area contributed by atoms with E-state index in [1.807, 2.05) is 146 Å². The molecule has 1 fully saturated rings. The van der Waals surface area contributed by atoms with E-state index in [9.17, 15) is 10.6 Å². The number of aliphatic hydroxyl groups is 1. The number of azide groups is 1. The number of aromatic nitrogens is 4. The molecule has 6 aromatic carbocycles. The van der Waals surface area contributed by atoms with Crippen LogP contribution >= 0.6 is 0 Å². The van der Waals surface area contributed by atoms with Crippen LogP contribution in [-0.2, 0) is 20.6 Å². The van der Waals surface area contributed by atoms with E-state index in [1.165, 1.54) is 6.33 Å². The summed E-state index contributed by atoms with van der Waals surface area (Å²) >= 11 is 0. The molecule has 0 bridgehead atoms. The van der Waals surface area contributed by atoms with E-state index < -0.39 is 35.6 Å². The highest BCUT2D eigenvalue weighted by atomic mass is 16.6. The molecule has 1 aliphatic rings. The Morgan fingerprint density at radius 1 is 0.644 bits per heavy atom. The first kappa shape index (κ1) is 37.4. The van der Waals surface area contributed by atoms with Crippen LogP contribution in [0, 0.1) is 0 Å². The zero-order chi connectivity index (χ0) is 40.1. The number of rotatable bonds is 13. The average Bonchev–Trinajstić information content (AvgIpc) is 3.88. The van der Waals surface area contributed by atoms with E-state index in [4.69, 9.17) is 19.4 Å². The lowest BCUT2D eigenvalue weighted by Crippen LogP contribution is -2.39. The standard InChI is InChI=1S/C48H40N8O3/c49-55-54-41-40(31-58-48(37-25-13-4-14-26-37,38-27-15-5-16-28-38)39-29-17-6-18-30-39)59-46(43(41)57)56-33-52-42-44(50-32-51-45(42)56)53-47(34-19-7-1-8-20-34,35-21-9-2-10-22-35)36-23-11-3-12-24-36/h1-30,32-33,40-41,43,46,57H,31H2,(H,50,51,53)/t40-,41+,43-,46-/m1/s1. The van der Waals surface area contributed by atoms with Gasteiger partial charge in [0.05, 0.1) is 25.1 Å². The van der Waals surface area contributed by atoms with E-state index in [0.29, 0.717) is 17.0 Å². The molecular formula is C48H40N8O3. The van der Waals surface area contributed by atoms with Crippen molar-refractivity contribution in [3.63, 3.8) is 0 Å². The third-order valence-corrected chi connectivity index (χ3v) is 11.1. The van der Waals surface area contributed by atoms with E-state index in [1.54, 1.807) is 10.9 Å². The zero-order valence-corrected chi connectivity index (χ0v) is 31.9. The summed E-state index contributed by atoms with van der Waals surface area (Å²) in [5.74, 6) is 0.475. The molecule has 290 valence electrons. The number of aliphatic hydroxyl groups excluding tert-OH is 1. The number of benzene rings is 6. The Labute approximate surface area is 341 Å². The van der Waals surface area contributed by atoms with Crippen molar-refractivity contribution in [3.05, 3.63) is 238 Å². The van der Waals surface area contributed by atoms with Crippen molar-refractivity contribution in [2.75, 3.05) is 11.9 Å². The number of fused-ring (bicyclic) bond motifs is 1. The summed E-state index contributed by atoms with van der Waals surface area (Å²) in [7, 11) is 0. The van der Waals surface area contributed by atoms with E-state index in [0.717, 1.165) is 33.4 Å². The van der Waals surface area contributed by atoms with Gasteiger partial charge in [-0.25, -0.2) is 15.0 Å². The summed E-state index contributed by atoms with van der Waals surface area (Å²) in [5, 5.41) is 19.8. The molecule has 8 aromatic rings. The van der Waals surface area contributed by atoms with Gasteiger partial charge in [-0.3, -0.25) is 4.57 Å². The Morgan fingerprint density at radius 3 is 1.53 bits per heavy atom. The van der Waals surface area contributed by atoms with Crippen LogP contribution in [-0.4, -0.2) is 49.5 Å². The number of anilines is 1. The summed E-state index contributed by atoms with van der Waals surface area (Å²) in [6.45, 7) is -0.0297. The van der Waals surface area contributed by atoms with Gasteiger partial charge in [0, 0.05) is 4.91 Å². The van der Waals surface area contributed by atoms with Crippen LogP contribution in [0.15, 0.2) is 200 Å². The minimum absolute atomic E-state index is 0.0297. The smallest absolute Gasteiger partial charge is 0.167 e. The molecule has 3 heterocycles. The molecule has 1 aliphatic heterocycles. The van der Waals surface area contributed by atoms with Gasteiger partial charge in [-0.2, -0.15) is 0 Å². The minimum Gasteiger partial charge on any atom is -0.388 e. The third-order valence-electron chi connectivity index (χ3n) is 11.1. The van der Waals surface area contributed by atoms with Crippen molar-refractivity contribution in [1.82, 2.24) is 19.5 Å². The first-order valence-corrected chi connectivity index (χ1v) is 19.4. The highest BCUT2D eigenvalue weighted by molar-refractivity contribution is 5.84. The summed E-state index contributed by atoms with van der Waals surface area (Å²) in [4.78, 5) is 17.3. The van der Waals surface area contributed by atoms with Crippen LogP contribution in [0.1, 0.15) is 39.6 Å². The van der Waals surface area contributed by atoms with E-state index >= 15 is 0 Å². The molecule has 0 aliphatic carbocycles. The van der Waals surface area contributed by atoms with Crippen molar-refractivity contribution in [3.8, 4) is 0 Å². The maximum Gasteiger partial charge on any atom is 0.167 e. The molecule has 11 nitrogen and oxygen atoms in total. The van der Waals surface area contributed by atoms with Gasteiger partial charge in [0.1, 0.15) is 23.6 Å². The second-order valence-corrected chi connectivity index (χ2v) is 14.4. The highest BCUT2D eigenvalue weighted by Crippen LogP contribution is 2.44. The normalized spacial score (nSPS) is 18.0. The number of imidazole rings is 1. The molecule has 59 heavy (non-hydrogen) atoms. The van der Waals surface area contributed by atoms with Gasteiger partial charge < -0.3 is 19.9 Å². The van der Waals surface area contributed by atoms with Gasteiger partial charge in [-0.15, -0.1) is 0 Å². The summed E-state index contributed by atoms with van der Waals surface area (Å²) < 4.78 is 15.4.